The number of ether oxygens (including phenoxy) is 1. The van der Waals surface area contributed by atoms with Crippen LogP contribution in [0.4, 0.5) is 0 Å². The quantitative estimate of drug-likeness (QED) is 0.369. The van der Waals surface area contributed by atoms with E-state index in [9.17, 15) is 14.4 Å². The van der Waals surface area contributed by atoms with Crippen LogP contribution in [0.15, 0.2) is 59.7 Å². The van der Waals surface area contributed by atoms with Crippen LogP contribution >= 0.6 is 0 Å². The maximum Gasteiger partial charge on any atom is 0.303 e. The summed E-state index contributed by atoms with van der Waals surface area (Å²) in [6, 6.07) is 17.5. The molecule has 4 rings (SSSR count). The smallest absolute Gasteiger partial charge is 0.303 e. The van der Waals surface area contributed by atoms with Gasteiger partial charge in [0, 0.05) is 18.5 Å². The van der Waals surface area contributed by atoms with Crippen LogP contribution in [0.25, 0.3) is 0 Å². The molecule has 1 atom stereocenters. The van der Waals surface area contributed by atoms with Crippen molar-refractivity contribution in [2.75, 3.05) is 13.2 Å². The highest BCUT2D eigenvalue weighted by Gasteiger charge is 2.32. The number of hydrogen-bond donors (Lipinski definition) is 2. The number of benzene rings is 2. The third-order valence-corrected chi connectivity index (χ3v) is 7.29. The first-order chi connectivity index (χ1) is 18.5. The molecule has 0 radical (unpaired) electrons. The highest BCUT2D eigenvalue weighted by Crippen LogP contribution is 2.37. The minimum atomic E-state index is -0.759. The van der Waals surface area contributed by atoms with Crippen LogP contribution in [0.5, 0.6) is 0 Å². The number of nitrogens with zero attached hydrogens (tertiary/aromatic N) is 2. The monoisotopic (exact) mass is 519 g/mol. The molecule has 1 aliphatic heterocycles. The maximum atomic E-state index is 13.3. The summed E-state index contributed by atoms with van der Waals surface area (Å²) < 4.78 is 5.54. The Morgan fingerprint density at radius 1 is 1.00 bits per heavy atom. The molecule has 1 aliphatic carbocycles. The number of carbonyl (C=O) groups is 3. The van der Waals surface area contributed by atoms with E-state index in [0.29, 0.717) is 31.3 Å². The van der Waals surface area contributed by atoms with E-state index in [1.54, 1.807) is 0 Å². The molecule has 0 aromatic heterocycles. The van der Waals surface area contributed by atoms with Gasteiger partial charge in [-0.1, -0.05) is 68.1 Å². The predicted molar refractivity (Wildman–Crippen MR) is 144 cm³/mol. The molecule has 0 spiro atoms. The fraction of sp³-hybridized carbons (Fsp3) is 0.467. The summed E-state index contributed by atoms with van der Waals surface area (Å²) in [4.78, 5) is 36.3. The van der Waals surface area contributed by atoms with Gasteiger partial charge in [0.25, 0.3) is 5.91 Å². The highest BCUT2D eigenvalue weighted by atomic mass is 16.5. The minimum absolute atomic E-state index is 0.0463. The largest absolute Gasteiger partial charge is 0.481 e. The Morgan fingerprint density at radius 3 is 2.42 bits per heavy atom. The second-order valence-electron chi connectivity index (χ2n) is 10.1. The molecule has 8 heteroatoms. The van der Waals surface area contributed by atoms with Crippen LogP contribution in [0.2, 0.25) is 0 Å². The standard InChI is InChI=1S/C30H37N3O5/c34-26-21-38-30(25-12-4-3-5-13-25)32-33(26)20-22-15-17-24(18-16-22)28(23-10-7-8-11-23)29(37)31-19-9-2-1-6-14-27(35)36/h3-5,12-13,15-18,23,28H,1-2,6-11,14,19-21H2,(H,31,37)(H,35,36)/t28-/m0/s1. The maximum absolute atomic E-state index is 13.3. The molecule has 2 aliphatic rings. The summed E-state index contributed by atoms with van der Waals surface area (Å²) >= 11 is 0. The number of aliphatic carboxylic acids is 1. The highest BCUT2D eigenvalue weighted by molar-refractivity contribution is 5.97. The Labute approximate surface area is 224 Å². The fourth-order valence-electron chi connectivity index (χ4n) is 5.25. The van der Waals surface area contributed by atoms with Crippen LogP contribution in [0, 0.1) is 5.92 Å². The molecular weight excluding hydrogens is 482 g/mol. The Kier molecular flexibility index (Phi) is 9.90. The average Bonchev–Trinajstić information content (AvgIpc) is 3.45. The lowest BCUT2D eigenvalue weighted by Gasteiger charge is -2.25. The number of nitrogens with one attached hydrogen (secondary N) is 1. The third-order valence-electron chi connectivity index (χ3n) is 7.29. The van der Waals surface area contributed by atoms with Crippen LogP contribution in [-0.4, -0.2) is 46.9 Å². The van der Waals surface area contributed by atoms with Gasteiger partial charge in [0.2, 0.25) is 11.8 Å². The topological polar surface area (TPSA) is 108 Å². The SMILES string of the molecule is O=C(O)CCCCCCNC(=O)[C@H](c1ccc(CN2N=C(c3ccccc3)OCC2=O)cc1)C1CCCC1. The van der Waals surface area contributed by atoms with Crippen molar-refractivity contribution in [1.29, 1.82) is 0 Å². The number of amides is 2. The van der Waals surface area contributed by atoms with Gasteiger partial charge in [-0.3, -0.25) is 14.4 Å². The predicted octanol–water partition coefficient (Wildman–Crippen LogP) is 4.83. The molecule has 1 heterocycles. The Hall–Kier alpha value is -3.68. The van der Waals surface area contributed by atoms with Crippen molar-refractivity contribution in [1.82, 2.24) is 10.3 Å². The van der Waals surface area contributed by atoms with E-state index in [1.807, 2.05) is 54.6 Å². The van der Waals surface area contributed by atoms with Gasteiger partial charge in [-0.15, -0.1) is 5.10 Å². The lowest BCUT2D eigenvalue weighted by molar-refractivity contribution is -0.137. The molecule has 1 saturated carbocycles. The molecule has 0 unspecified atom stereocenters. The second-order valence-corrected chi connectivity index (χ2v) is 10.1. The number of hydrogen-bond acceptors (Lipinski definition) is 5. The van der Waals surface area contributed by atoms with Crippen LogP contribution < -0.4 is 5.32 Å². The zero-order chi connectivity index (χ0) is 26.7. The van der Waals surface area contributed by atoms with Crippen LogP contribution in [0.3, 0.4) is 0 Å². The molecular formula is C30H37N3O5. The number of rotatable bonds is 13. The van der Waals surface area contributed by atoms with Crippen molar-refractivity contribution >= 4 is 23.7 Å². The molecule has 38 heavy (non-hydrogen) atoms. The first-order valence-electron chi connectivity index (χ1n) is 13.7. The van der Waals surface area contributed by atoms with E-state index >= 15 is 0 Å². The summed E-state index contributed by atoms with van der Waals surface area (Å²) in [5.41, 5.74) is 2.76. The van der Waals surface area contributed by atoms with E-state index in [4.69, 9.17) is 9.84 Å². The van der Waals surface area contributed by atoms with E-state index < -0.39 is 5.97 Å². The summed E-state index contributed by atoms with van der Waals surface area (Å²) in [5.74, 6) is -0.316. The van der Waals surface area contributed by atoms with Gasteiger partial charge in [0.05, 0.1) is 12.5 Å². The van der Waals surface area contributed by atoms with Gasteiger partial charge in [-0.2, -0.15) is 0 Å². The summed E-state index contributed by atoms with van der Waals surface area (Å²) in [6.45, 7) is 0.893. The van der Waals surface area contributed by atoms with Gasteiger partial charge in [-0.25, -0.2) is 5.01 Å². The Morgan fingerprint density at radius 2 is 1.71 bits per heavy atom. The first-order valence-corrected chi connectivity index (χ1v) is 13.7. The number of carboxylic acids is 1. The molecule has 1 fully saturated rings. The molecule has 2 amide bonds. The van der Waals surface area contributed by atoms with Gasteiger partial charge in [0.1, 0.15) is 0 Å². The molecule has 2 aromatic rings. The molecule has 2 aromatic carbocycles. The van der Waals surface area contributed by atoms with Gasteiger partial charge >= 0.3 is 5.97 Å². The molecule has 202 valence electrons. The lowest BCUT2D eigenvalue weighted by atomic mass is 9.83. The fourth-order valence-corrected chi connectivity index (χ4v) is 5.25. The van der Waals surface area contributed by atoms with Crippen molar-refractivity contribution in [3.63, 3.8) is 0 Å². The van der Waals surface area contributed by atoms with Gasteiger partial charge < -0.3 is 15.2 Å². The first kappa shape index (κ1) is 27.4. The molecule has 0 bridgehead atoms. The number of carboxylic acid groups (broad SMARTS) is 1. The lowest BCUT2D eigenvalue weighted by Crippen LogP contribution is -2.36. The van der Waals surface area contributed by atoms with Gasteiger partial charge in [0.15, 0.2) is 6.61 Å². The second kappa shape index (κ2) is 13.7. The molecule has 2 N–H and O–H groups in total. The van der Waals surface area contributed by atoms with Crippen molar-refractivity contribution in [2.45, 2.75) is 70.3 Å². The Balaban J connectivity index is 1.36. The summed E-state index contributed by atoms with van der Waals surface area (Å²) in [7, 11) is 0. The Bertz CT molecular complexity index is 1110. The number of unbranched alkanes of at least 4 members (excludes halogenated alkanes) is 3. The van der Waals surface area contributed by atoms with Crippen LogP contribution in [-0.2, 0) is 25.7 Å². The van der Waals surface area contributed by atoms with Crippen molar-refractivity contribution in [3.8, 4) is 0 Å². The third kappa shape index (κ3) is 7.66. The molecule has 0 saturated heterocycles. The summed E-state index contributed by atoms with van der Waals surface area (Å²) in [6.07, 6.45) is 7.89. The summed E-state index contributed by atoms with van der Waals surface area (Å²) in [5, 5.41) is 17.7. The number of carbonyl (C=O) groups excluding carboxylic acids is 2. The van der Waals surface area contributed by atoms with E-state index in [2.05, 4.69) is 10.4 Å². The zero-order valence-corrected chi connectivity index (χ0v) is 21.8. The minimum Gasteiger partial charge on any atom is -0.481 e. The zero-order valence-electron chi connectivity index (χ0n) is 21.8. The average molecular weight is 520 g/mol. The van der Waals surface area contributed by atoms with Crippen molar-refractivity contribution in [2.24, 2.45) is 11.0 Å². The van der Waals surface area contributed by atoms with Crippen molar-refractivity contribution < 1.29 is 24.2 Å². The molecule has 8 nitrogen and oxygen atoms in total. The van der Waals surface area contributed by atoms with Crippen LogP contribution in [0.1, 0.15) is 80.4 Å². The van der Waals surface area contributed by atoms with E-state index in [0.717, 1.165) is 61.6 Å². The normalized spacial score (nSPS) is 16.6. The number of hydrazone groups is 1. The van der Waals surface area contributed by atoms with E-state index in [-0.39, 0.29) is 30.8 Å². The van der Waals surface area contributed by atoms with Gasteiger partial charge in [-0.05, 0) is 54.9 Å². The van der Waals surface area contributed by atoms with Crippen molar-refractivity contribution in [3.05, 3.63) is 71.3 Å². The van der Waals surface area contributed by atoms with E-state index in [1.165, 1.54) is 5.01 Å².